The molecule has 8 aromatic carbocycles. The smallest absolute Gasteiger partial charge is 0.0540 e. The van der Waals surface area contributed by atoms with Crippen LogP contribution in [0.4, 0.5) is 34.1 Å². The minimum absolute atomic E-state index is 0.482. The SMILES string of the molecule is CC(C)c1ccc(N(c2ccc(-c3ccc(N(c4ccc(C(C)C)cc4)c4cccc5ccccc45)cc3)cc2)c2cccc3ccccc23)cc1. The van der Waals surface area contributed by atoms with Crippen LogP contribution in [0.3, 0.4) is 0 Å². The van der Waals surface area contributed by atoms with Crippen LogP contribution in [0.2, 0.25) is 0 Å². The summed E-state index contributed by atoms with van der Waals surface area (Å²) in [5.41, 5.74) is 11.9. The van der Waals surface area contributed by atoms with Crippen molar-refractivity contribution in [1.82, 2.24) is 0 Å². The fraction of sp³-hybridized carbons (Fsp3) is 0.120. The van der Waals surface area contributed by atoms with Crippen molar-refractivity contribution >= 4 is 55.7 Å². The zero-order chi connectivity index (χ0) is 35.6. The molecule has 8 aromatic rings. The molecule has 2 heteroatoms. The molecule has 0 saturated heterocycles. The van der Waals surface area contributed by atoms with Gasteiger partial charge in [-0.05, 0) is 106 Å². The van der Waals surface area contributed by atoms with Crippen molar-refractivity contribution in [3.63, 3.8) is 0 Å². The molecule has 0 fully saturated rings. The number of fused-ring (bicyclic) bond motifs is 2. The molecule has 8 rings (SSSR count). The van der Waals surface area contributed by atoms with Gasteiger partial charge in [-0.15, -0.1) is 0 Å². The topological polar surface area (TPSA) is 6.48 Å². The van der Waals surface area contributed by atoms with Gasteiger partial charge in [-0.1, -0.05) is 149 Å². The molecule has 0 heterocycles. The molecule has 0 spiro atoms. The van der Waals surface area contributed by atoms with Crippen molar-refractivity contribution in [3.05, 3.63) is 193 Å². The van der Waals surface area contributed by atoms with Crippen molar-refractivity contribution in [2.45, 2.75) is 39.5 Å². The van der Waals surface area contributed by atoms with Gasteiger partial charge in [-0.3, -0.25) is 0 Å². The molecule has 0 unspecified atom stereocenters. The second-order valence-corrected chi connectivity index (χ2v) is 14.3. The molecule has 0 amide bonds. The molecule has 52 heavy (non-hydrogen) atoms. The number of nitrogens with zero attached hydrogens (tertiary/aromatic N) is 2. The maximum absolute atomic E-state index is 2.38. The molecular weight excluding hydrogens is 629 g/mol. The first-order valence-electron chi connectivity index (χ1n) is 18.4. The highest BCUT2D eigenvalue weighted by Gasteiger charge is 2.18. The molecular formula is C50H44N2. The molecule has 0 N–H and O–H groups in total. The van der Waals surface area contributed by atoms with E-state index in [1.54, 1.807) is 0 Å². The largest absolute Gasteiger partial charge is 0.310 e. The predicted octanol–water partition coefficient (Wildman–Crippen LogP) is 14.8. The van der Waals surface area contributed by atoms with Crippen LogP contribution in [0.5, 0.6) is 0 Å². The van der Waals surface area contributed by atoms with Crippen LogP contribution in [0.1, 0.15) is 50.7 Å². The summed E-state index contributed by atoms with van der Waals surface area (Å²) in [7, 11) is 0. The maximum Gasteiger partial charge on any atom is 0.0540 e. The summed E-state index contributed by atoms with van der Waals surface area (Å²) in [4.78, 5) is 4.76. The van der Waals surface area contributed by atoms with E-state index in [1.165, 1.54) is 55.2 Å². The monoisotopic (exact) mass is 672 g/mol. The van der Waals surface area contributed by atoms with E-state index in [4.69, 9.17) is 0 Å². The second-order valence-electron chi connectivity index (χ2n) is 14.3. The van der Waals surface area contributed by atoms with Crippen LogP contribution in [0.25, 0.3) is 32.7 Å². The van der Waals surface area contributed by atoms with Gasteiger partial charge in [0, 0.05) is 33.5 Å². The summed E-state index contributed by atoms with van der Waals surface area (Å²) in [5.74, 6) is 0.963. The van der Waals surface area contributed by atoms with Crippen molar-refractivity contribution in [3.8, 4) is 11.1 Å². The highest BCUT2D eigenvalue weighted by atomic mass is 15.1. The molecule has 0 atom stereocenters. The fourth-order valence-corrected chi connectivity index (χ4v) is 7.28. The summed E-state index contributed by atoms with van der Waals surface area (Å²) in [6.45, 7) is 8.98. The molecule has 0 aliphatic rings. The lowest BCUT2D eigenvalue weighted by molar-refractivity contribution is 0.866. The molecule has 0 aliphatic heterocycles. The van der Waals surface area contributed by atoms with Crippen molar-refractivity contribution < 1.29 is 0 Å². The molecule has 0 aromatic heterocycles. The van der Waals surface area contributed by atoms with Crippen molar-refractivity contribution in [2.24, 2.45) is 0 Å². The van der Waals surface area contributed by atoms with E-state index < -0.39 is 0 Å². The van der Waals surface area contributed by atoms with Gasteiger partial charge in [0.15, 0.2) is 0 Å². The van der Waals surface area contributed by atoms with Gasteiger partial charge < -0.3 is 9.80 Å². The maximum atomic E-state index is 2.38. The zero-order valence-corrected chi connectivity index (χ0v) is 30.4. The molecule has 254 valence electrons. The van der Waals surface area contributed by atoms with Crippen molar-refractivity contribution in [1.29, 1.82) is 0 Å². The number of hydrogen-bond donors (Lipinski definition) is 0. The zero-order valence-electron chi connectivity index (χ0n) is 30.4. The molecule has 0 aliphatic carbocycles. The van der Waals surface area contributed by atoms with E-state index in [1.807, 2.05) is 0 Å². The van der Waals surface area contributed by atoms with Gasteiger partial charge >= 0.3 is 0 Å². The first-order valence-corrected chi connectivity index (χ1v) is 18.4. The average Bonchev–Trinajstić information content (AvgIpc) is 3.19. The van der Waals surface area contributed by atoms with Crippen LogP contribution in [0.15, 0.2) is 182 Å². The Morgan fingerprint density at radius 2 is 0.615 bits per heavy atom. The van der Waals surface area contributed by atoms with Gasteiger partial charge in [0.1, 0.15) is 0 Å². The number of hydrogen-bond acceptors (Lipinski definition) is 2. The summed E-state index contributed by atoms with van der Waals surface area (Å²) >= 11 is 0. The number of benzene rings is 8. The quantitative estimate of drug-likeness (QED) is 0.151. The number of rotatable bonds is 9. The van der Waals surface area contributed by atoms with Crippen LogP contribution in [-0.4, -0.2) is 0 Å². The molecule has 0 saturated carbocycles. The normalized spacial score (nSPS) is 11.4. The Bertz CT molecular complexity index is 2250. The Morgan fingerprint density at radius 3 is 0.962 bits per heavy atom. The average molecular weight is 673 g/mol. The van der Waals surface area contributed by atoms with Gasteiger partial charge in [0.2, 0.25) is 0 Å². The molecule has 0 radical (unpaired) electrons. The lowest BCUT2D eigenvalue weighted by atomic mass is 10.0. The lowest BCUT2D eigenvalue weighted by Crippen LogP contribution is -2.11. The summed E-state index contributed by atoms with van der Waals surface area (Å²) < 4.78 is 0. The van der Waals surface area contributed by atoms with Crippen LogP contribution in [0, 0.1) is 0 Å². The Morgan fingerprint density at radius 1 is 0.308 bits per heavy atom. The van der Waals surface area contributed by atoms with Crippen molar-refractivity contribution in [2.75, 3.05) is 9.80 Å². The van der Waals surface area contributed by atoms with Crippen LogP contribution < -0.4 is 9.80 Å². The molecule has 0 bridgehead atoms. The van der Waals surface area contributed by atoms with E-state index >= 15 is 0 Å². The van der Waals surface area contributed by atoms with Gasteiger partial charge in [-0.2, -0.15) is 0 Å². The fourth-order valence-electron chi connectivity index (χ4n) is 7.28. The third kappa shape index (κ3) is 6.45. The third-order valence-electron chi connectivity index (χ3n) is 10.2. The number of anilines is 6. The van der Waals surface area contributed by atoms with Gasteiger partial charge in [0.25, 0.3) is 0 Å². The summed E-state index contributed by atoms with van der Waals surface area (Å²) in [6.07, 6.45) is 0. The van der Waals surface area contributed by atoms with E-state index in [2.05, 4.69) is 219 Å². The summed E-state index contributed by atoms with van der Waals surface area (Å²) in [5, 5.41) is 4.92. The van der Waals surface area contributed by atoms with Gasteiger partial charge in [-0.25, -0.2) is 0 Å². The van der Waals surface area contributed by atoms with Crippen LogP contribution >= 0.6 is 0 Å². The Balaban J connectivity index is 1.16. The standard InChI is InChI=1S/C50H44N2/c1-35(2)37-19-27-43(28-20-37)51(49-17-9-13-41-11-5-7-15-47(41)49)45-31-23-39(24-32-45)40-25-33-46(34-26-40)52(44-29-21-38(22-30-44)36(3)4)50-18-10-14-42-12-6-8-16-48(42)50/h5-36H,1-4H3. The predicted molar refractivity (Wildman–Crippen MR) is 224 cm³/mol. The Labute approximate surface area is 308 Å². The third-order valence-corrected chi connectivity index (χ3v) is 10.2. The van der Waals surface area contributed by atoms with E-state index in [0.29, 0.717) is 11.8 Å². The highest BCUT2D eigenvalue weighted by molar-refractivity contribution is 6.00. The van der Waals surface area contributed by atoms with Crippen LogP contribution in [-0.2, 0) is 0 Å². The Hall–Kier alpha value is -6.12. The minimum Gasteiger partial charge on any atom is -0.310 e. The first kappa shape index (κ1) is 33.0. The summed E-state index contributed by atoms with van der Waals surface area (Å²) in [6, 6.07) is 66.5. The molecule has 2 nitrogen and oxygen atoms in total. The van der Waals surface area contributed by atoms with E-state index in [0.717, 1.165) is 22.7 Å². The first-order chi connectivity index (χ1) is 25.4. The lowest BCUT2D eigenvalue weighted by Gasteiger charge is -2.28. The van der Waals surface area contributed by atoms with E-state index in [9.17, 15) is 0 Å². The van der Waals surface area contributed by atoms with E-state index in [-0.39, 0.29) is 0 Å². The minimum atomic E-state index is 0.482. The van der Waals surface area contributed by atoms with Gasteiger partial charge in [0.05, 0.1) is 11.4 Å². The Kier molecular flexibility index (Phi) is 9.05. The second kappa shape index (κ2) is 14.2. The highest BCUT2D eigenvalue weighted by Crippen LogP contribution is 2.42.